The van der Waals surface area contributed by atoms with E-state index in [0.717, 1.165) is 18.8 Å². The molecule has 1 rings (SSSR count). The summed E-state index contributed by atoms with van der Waals surface area (Å²) in [6.07, 6.45) is 4.43. The lowest BCUT2D eigenvalue weighted by Crippen LogP contribution is -2.40. The lowest BCUT2D eigenvalue weighted by atomic mass is 9.89. The topological polar surface area (TPSA) is 70.6 Å². The summed E-state index contributed by atoms with van der Waals surface area (Å²) in [5.74, 6) is 1.15. The van der Waals surface area contributed by atoms with Crippen LogP contribution in [-0.2, 0) is 9.53 Å². The highest BCUT2D eigenvalue weighted by molar-refractivity contribution is 5.77. The van der Waals surface area contributed by atoms with Gasteiger partial charge in [-0.2, -0.15) is 0 Å². The first-order valence-corrected chi connectivity index (χ1v) is 8.24. The van der Waals surface area contributed by atoms with E-state index in [4.69, 9.17) is 4.74 Å². The minimum absolute atomic E-state index is 0.0297. The van der Waals surface area contributed by atoms with Gasteiger partial charge in [0.25, 0.3) is 0 Å². The fraction of sp³-hybridized carbons (Fsp3) is 0.938. The van der Waals surface area contributed by atoms with Crippen LogP contribution in [0.5, 0.6) is 0 Å². The number of ether oxygens (including phenoxy) is 1. The third-order valence-electron chi connectivity index (χ3n) is 3.79. The van der Waals surface area contributed by atoms with Gasteiger partial charge < -0.3 is 20.5 Å². The van der Waals surface area contributed by atoms with E-state index in [2.05, 4.69) is 31.4 Å². The first kappa shape index (κ1) is 18.4. The smallest absolute Gasteiger partial charge is 0.233 e. The Hall–Kier alpha value is -0.650. The standard InChI is InChI=1S/C16H32N2O3/c1-12(2)8-18-16(20)10-17-9-14(19)11-21-15-6-4-5-13(3)7-15/h12-15,17,19H,4-11H2,1-3H3,(H,18,20). The second-order valence-corrected chi connectivity index (χ2v) is 6.71. The van der Waals surface area contributed by atoms with Crippen LogP contribution in [0, 0.1) is 11.8 Å². The number of aliphatic hydroxyl groups is 1. The number of amides is 1. The Bertz CT molecular complexity index is 297. The minimum Gasteiger partial charge on any atom is -0.389 e. The quantitative estimate of drug-likeness (QED) is 0.600. The number of hydrogen-bond donors (Lipinski definition) is 3. The summed E-state index contributed by atoms with van der Waals surface area (Å²) in [6, 6.07) is 0. The van der Waals surface area contributed by atoms with E-state index in [1.165, 1.54) is 12.8 Å². The molecule has 0 aliphatic heterocycles. The van der Waals surface area contributed by atoms with E-state index in [1.807, 2.05) is 0 Å². The molecule has 1 fully saturated rings. The van der Waals surface area contributed by atoms with E-state index in [-0.39, 0.29) is 18.6 Å². The Morgan fingerprint density at radius 1 is 1.33 bits per heavy atom. The van der Waals surface area contributed by atoms with Gasteiger partial charge in [-0.15, -0.1) is 0 Å². The predicted molar refractivity (Wildman–Crippen MR) is 84.1 cm³/mol. The molecule has 1 aliphatic rings. The van der Waals surface area contributed by atoms with E-state index in [0.29, 0.717) is 25.6 Å². The molecule has 0 radical (unpaired) electrons. The molecule has 3 atom stereocenters. The number of hydrogen-bond acceptors (Lipinski definition) is 4. The van der Waals surface area contributed by atoms with Crippen LogP contribution >= 0.6 is 0 Å². The average Bonchev–Trinajstić information content (AvgIpc) is 2.43. The highest BCUT2D eigenvalue weighted by Crippen LogP contribution is 2.25. The molecule has 21 heavy (non-hydrogen) atoms. The molecule has 3 unspecified atom stereocenters. The number of rotatable bonds is 9. The largest absolute Gasteiger partial charge is 0.389 e. The second-order valence-electron chi connectivity index (χ2n) is 6.71. The summed E-state index contributed by atoms with van der Waals surface area (Å²) < 4.78 is 5.76. The van der Waals surface area contributed by atoms with Gasteiger partial charge in [-0.1, -0.05) is 33.6 Å². The maximum atomic E-state index is 11.5. The van der Waals surface area contributed by atoms with E-state index >= 15 is 0 Å². The predicted octanol–water partition coefficient (Wildman–Crippen LogP) is 1.30. The van der Waals surface area contributed by atoms with Crippen molar-refractivity contribution in [1.29, 1.82) is 0 Å². The van der Waals surface area contributed by atoms with Crippen LogP contribution in [0.3, 0.4) is 0 Å². The molecule has 0 spiro atoms. The van der Waals surface area contributed by atoms with Crippen LogP contribution in [0.15, 0.2) is 0 Å². The van der Waals surface area contributed by atoms with E-state index in [9.17, 15) is 9.90 Å². The number of carbonyl (C=O) groups is 1. The molecule has 0 bridgehead atoms. The Morgan fingerprint density at radius 3 is 2.76 bits per heavy atom. The molecule has 0 aromatic heterocycles. The average molecular weight is 300 g/mol. The highest BCUT2D eigenvalue weighted by Gasteiger charge is 2.20. The monoisotopic (exact) mass is 300 g/mol. The number of carbonyl (C=O) groups excluding carboxylic acids is 1. The van der Waals surface area contributed by atoms with Crippen LogP contribution in [0.2, 0.25) is 0 Å². The highest BCUT2D eigenvalue weighted by atomic mass is 16.5. The minimum atomic E-state index is -0.555. The Morgan fingerprint density at radius 2 is 2.10 bits per heavy atom. The Labute approximate surface area is 128 Å². The molecule has 0 heterocycles. The summed E-state index contributed by atoms with van der Waals surface area (Å²) in [5, 5.41) is 15.7. The summed E-state index contributed by atoms with van der Waals surface area (Å²) >= 11 is 0. The van der Waals surface area contributed by atoms with Crippen molar-refractivity contribution >= 4 is 5.91 Å². The van der Waals surface area contributed by atoms with Gasteiger partial charge in [-0.05, 0) is 24.7 Å². The molecular formula is C16H32N2O3. The second kappa shape index (κ2) is 10.1. The van der Waals surface area contributed by atoms with Gasteiger partial charge in [0.1, 0.15) is 0 Å². The van der Waals surface area contributed by atoms with Crippen LogP contribution in [0.1, 0.15) is 46.5 Å². The molecule has 3 N–H and O–H groups in total. The number of aliphatic hydroxyl groups excluding tert-OH is 1. The fourth-order valence-electron chi connectivity index (χ4n) is 2.57. The van der Waals surface area contributed by atoms with Crippen molar-refractivity contribution in [1.82, 2.24) is 10.6 Å². The molecule has 124 valence electrons. The molecule has 1 amide bonds. The normalized spacial score (nSPS) is 24.0. The molecular weight excluding hydrogens is 268 g/mol. The van der Waals surface area contributed by atoms with Crippen molar-refractivity contribution in [2.75, 3.05) is 26.2 Å². The van der Waals surface area contributed by atoms with Gasteiger partial charge in [0.2, 0.25) is 5.91 Å². The van der Waals surface area contributed by atoms with E-state index < -0.39 is 6.10 Å². The summed E-state index contributed by atoms with van der Waals surface area (Å²) in [5.41, 5.74) is 0. The lowest BCUT2D eigenvalue weighted by Gasteiger charge is -2.27. The Kier molecular flexibility index (Phi) is 8.88. The van der Waals surface area contributed by atoms with Gasteiger partial charge >= 0.3 is 0 Å². The number of nitrogens with one attached hydrogen (secondary N) is 2. The van der Waals surface area contributed by atoms with Crippen molar-refractivity contribution in [3.8, 4) is 0 Å². The van der Waals surface area contributed by atoms with Crippen molar-refractivity contribution in [3.05, 3.63) is 0 Å². The molecule has 1 aliphatic carbocycles. The summed E-state index contributed by atoms with van der Waals surface area (Å²) in [7, 11) is 0. The first-order chi connectivity index (χ1) is 9.97. The van der Waals surface area contributed by atoms with Crippen molar-refractivity contribution in [2.24, 2.45) is 11.8 Å². The Balaban J connectivity index is 2.03. The van der Waals surface area contributed by atoms with Crippen LogP contribution in [0.25, 0.3) is 0 Å². The molecule has 5 nitrogen and oxygen atoms in total. The van der Waals surface area contributed by atoms with Gasteiger partial charge in [-0.25, -0.2) is 0 Å². The zero-order valence-corrected chi connectivity index (χ0v) is 13.7. The molecule has 1 saturated carbocycles. The third kappa shape index (κ3) is 9.06. The molecule has 5 heteroatoms. The molecule has 0 aromatic rings. The molecule has 0 saturated heterocycles. The van der Waals surface area contributed by atoms with Crippen molar-refractivity contribution in [2.45, 2.75) is 58.7 Å². The zero-order valence-electron chi connectivity index (χ0n) is 13.7. The first-order valence-electron chi connectivity index (χ1n) is 8.24. The third-order valence-corrected chi connectivity index (χ3v) is 3.79. The SMILES string of the molecule is CC(C)CNC(=O)CNCC(O)COC1CCCC(C)C1. The van der Waals surface area contributed by atoms with Crippen LogP contribution < -0.4 is 10.6 Å². The summed E-state index contributed by atoms with van der Waals surface area (Å²) in [4.78, 5) is 11.5. The van der Waals surface area contributed by atoms with Gasteiger partial charge in [0.15, 0.2) is 0 Å². The maximum absolute atomic E-state index is 11.5. The van der Waals surface area contributed by atoms with E-state index in [1.54, 1.807) is 0 Å². The van der Waals surface area contributed by atoms with Crippen LogP contribution in [-0.4, -0.2) is 49.5 Å². The van der Waals surface area contributed by atoms with Gasteiger partial charge in [-0.3, -0.25) is 4.79 Å². The lowest BCUT2D eigenvalue weighted by molar-refractivity contribution is -0.120. The van der Waals surface area contributed by atoms with Crippen molar-refractivity contribution < 1.29 is 14.6 Å². The fourth-order valence-corrected chi connectivity index (χ4v) is 2.57. The van der Waals surface area contributed by atoms with Crippen molar-refractivity contribution in [3.63, 3.8) is 0 Å². The van der Waals surface area contributed by atoms with Gasteiger partial charge in [0.05, 0.1) is 25.4 Å². The van der Waals surface area contributed by atoms with Gasteiger partial charge in [0, 0.05) is 13.1 Å². The zero-order chi connectivity index (χ0) is 15.7. The summed E-state index contributed by atoms with van der Waals surface area (Å²) in [6.45, 7) is 8.02. The maximum Gasteiger partial charge on any atom is 0.233 e. The molecule has 0 aromatic carbocycles. The van der Waals surface area contributed by atoms with Crippen LogP contribution in [0.4, 0.5) is 0 Å².